The number of piperidine rings is 1. The van der Waals surface area contributed by atoms with E-state index in [0.717, 1.165) is 52.9 Å². The molecule has 0 spiro atoms. The predicted molar refractivity (Wildman–Crippen MR) is 151 cm³/mol. The van der Waals surface area contributed by atoms with Gasteiger partial charge in [-0.2, -0.15) is 0 Å². The molecule has 3 aromatic rings. The molecule has 0 aliphatic carbocycles. The van der Waals surface area contributed by atoms with Crippen LogP contribution in [0.25, 0.3) is 15.7 Å². The SMILES string of the molecule is CC(=O)NC1CCN(c2ccc3cncc(N4C(=O)NC5C=C(c6ccccc6Cl)SC5C4=O)c3c2)CC1. The first kappa shape index (κ1) is 24.8. The van der Waals surface area contributed by atoms with Gasteiger partial charge in [0.15, 0.2) is 0 Å². The Balaban J connectivity index is 1.28. The van der Waals surface area contributed by atoms with Crippen molar-refractivity contribution >= 4 is 68.3 Å². The van der Waals surface area contributed by atoms with Gasteiger partial charge >= 0.3 is 6.03 Å². The van der Waals surface area contributed by atoms with Crippen molar-refractivity contribution in [3.8, 4) is 0 Å². The van der Waals surface area contributed by atoms with Crippen molar-refractivity contribution in [2.75, 3.05) is 22.9 Å². The second kappa shape index (κ2) is 9.96. The highest BCUT2D eigenvalue weighted by molar-refractivity contribution is 8.09. The lowest BCUT2D eigenvalue weighted by Gasteiger charge is -2.35. The molecule has 6 rings (SSSR count). The minimum atomic E-state index is -0.495. The van der Waals surface area contributed by atoms with Crippen LogP contribution in [0.15, 0.2) is 60.9 Å². The van der Waals surface area contributed by atoms with E-state index in [9.17, 15) is 14.4 Å². The van der Waals surface area contributed by atoms with E-state index in [-0.39, 0.29) is 17.9 Å². The van der Waals surface area contributed by atoms with E-state index >= 15 is 0 Å². The van der Waals surface area contributed by atoms with Crippen molar-refractivity contribution in [2.45, 2.75) is 37.1 Å². The molecule has 2 aromatic carbocycles. The molecule has 4 heterocycles. The monoisotopic (exact) mass is 547 g/mol. The summed E-state index contributed by atoms with van der Waals surface area (Å²) >= 11 is 7.82. The predicted octanol–water partition coefficient (Wildman–Crippen LogP) is 4.57. The number of carbonyl (C=O) groups excluding carboxylic acids is 3. The number of anilines is 2. The van der Waals surface area contributed by atoms with E-state index in [0.29, 0.717) is 10.7 Å². The molecule has 10 heteroatoms. The van der Waals surface area contributed by atoms with Gasteiger partial charge in [-0.25, -0.2) is 9.69 Å². The number of urea groups is 1. The van der Waals surface area contributed by atoms with Crippen LogP contribution in [0.5, 0.6) is 0 Å². The third-order valence-electron chi connectivity index (χ3n) is 7.24. The Morgan fingerprint density at radius 3 is 2.68 bits per heavy atom. The highest BCUT2D eigenvalue weighted by atomic mass is 35.5. The van der Waals surface area contributed by atoms with Crippen LogP contribution in [-0.2, 0) is 9.59 Å². The molecule has 4 amide bonds. The second-order valence-electron chi connectivity index (χ2n) is 9.72. The lowest BCUT2D eigenvalue weighted by Crippen LogP contribution is -2.60. The number of imide groups is 1. The molecule has 0 bridgehead atoms. The largest absolute Gasteiger partial charge is 0.371 e. The van der Waals surface area contributed by atoms with Crippen molar-refractivity contribution in [3.63, 3.8) is 0 Å². The minimum absolute atomic E-state index is 0.00683. The maximum atomic E-state index is 13.7. The number of thioether (sulfide) groups is 1. The first-order valence-corrected chi connectivity index (χ1v) is 13.8. The third kappa shape index (κ3) is 4.50. The maximum Gasteiger partial charge on any atom is 0.329 e. The molecular weight excluding hydrogens is 522 g/mol. The van der Waals surface area contributed by atoms with Crippen LogP contribution in [-0.4, -0.2) is 53.3 Å². The summed E-state index contributed by atoms with van der Waals surface area (Å²) in [5.74, 6) is -0.287. The fourth-order valence-corrected chi connectivity index (χ4v) is 6.98. The molecule has 0 radical (unpaired) electrons. The first-order chi connectivity index (χ1) is 18.4. The van der Waals surface area contributed by atoms with Gasteiger partial charge in [0.2, 0.25) is 5.91 Å². The van der Waals surface area contributed by atoms with Crippen molar-refractivity contribution in [1.29, 1.82) is 0 Å². The molecule has 38 heavy (non-hydrogen) atoms. The molecule has 1 aromatic heterocycles. The average molecular weight is 548 g/mol. The number of carbonyl (C=O) groups is 3. The molecule has 3 aliphatic heterocycles. The van der Waals surface area contributed by atoms with Gasteiger partial charge in [0.05, 0.1) is 17.9 Å². The molecule has 2 fully saturated rings. The van der Waals surface area contributed by atoms with Gasteiger partial charge in [-0.3, -0.25) is 14.6 Å². The van der Waals surface area contributed by atoms with Crippen LogP contribution >= 0.6 is 23.4 Å². The summed E-state index contributed by atoms with van der Waals surface area (Å²) in [6.45, 7) is 3.15. The van der Waals surface area contributed by atoms with Crippen LogP contribution in [0.3, 0.4) is 0 Å². The molecular formula is C28H26ClN5O3S. The molecule has 3 aliphatic rings. The number of nitrogens with zero attached hydrogens (tertiary/aromatic N) is 3. The Hall–Kier alpha value is -3.56. The van der Waals surface area contributed by atoms with Crippen molar-refractivity contribution in [1.82, 2.24) is 15.6 Å². The van der Waals surface area contributed by atoms with E-state index < -0.39 is 17.3 Å². The van der Waals surface area contributed by atoms with Gasteiger partial charge in [-0.1, -0.05) is 35.9 Å². The van der Waals surface area contributed by atoms with Gasteiger partial charge in [-0.15, -0.1) is 11.8 Å². The maximum absolute atomic E-state index is 13.7. The van der Waals surface area contributed by atoms with Crippen LogP contribution in [0.4, 0.5) is 16.2 Å². The summed E-state index contributed by atoms with van der Waals surface area (Å²) in [6.07, 6.45) is 6.94. The number of benzene rings is 2. The number of halogens is 1. The smallest absolute Gasteiger partial charge is 0.329 e. The van der Waals surface area contributed by atoms with E-state index in [4.69, 9.17) is 11.6 Å². The summed E-state index contributed by atoms with van der Waals surface area (Å²) in [6, 6.07) is 12.8. The highest BCUT2D eigenvalue weighted by Gasteiger charge is 2.45. The molecule has 194 valence electrons. The summed E-state index contributed by atoms with van der Waals surface area (Å²) < 4.78 is 0. The van der Waals surface area contributed by atoms with E-state index in [2.05, 4.69) is 20.5 Å². The van der Waals surface area contributed by atoms with Gasteiger partial charge in [0.1, 0.15) is 5.25 Å². The number of hydrogen-bond donors (Lipinski definition) is 2. The Kier molecular flexibility index (Phi) is 6.49. The zero-order valence-corrected chi connectivity index (χ0v) is 22.3. The van der Waals surface area contributed by atoms with Crippen LogP contribution in [0.2, 0.25) is 5.02 Å². The van der Waals surface area contributed by atoms with Gasteiger partial charge in [-0.05, 0) is 37.1 Å². The molecule has 2 N–H and O–H groups in total. The summed E-state index contributed by atoms with van der Waals surface area (Å²) in [7, 11) is 0. The zero-order chi connectivity index (χ0) is 26.4. The molecule has 0 saturated carbocycles. The van der Waals surface area contributed by atoms with E-state index in [1.165, 1.54) is 16.7 Å². The standard InChI is InChI=1S/C28H26ClN5O3S/c1-16(35)31-18-8-10-33(11-9-18)19-7-6-17-14-30-15-24(21(17)12-19)34-27(36)26-23(32-28(34)37)13-25(38-26)20-4-2-3-5-22(20)29/h2-7,12-15,18,23,26H,8-11H2,1H3,(H,31,35)(H,32,37). The fraction of sp³-hybridized carbons (Fsp3) is 0.286. The highest BCUT2D eigenvalue weighted by Crippen LogP contribution is 2.44. The lowest BCUT2D eigenvalue weighted by molar-refractivity contribution is -0.120. The lowest BCUT2D eigenvalue weighted by atomic mass is 10.0. The summed E-state index contributed by atoms with van der Waals surface area (Å²) in [5.41, 5.74) is 2.32. The number of fused-ring (bicyclic) bond motifs is 2. The summed E-state index contributed by atoms with van der Waals surface area (Å²) in [4.78, 5) is 47.1. The van der Waals surface area contributed by atoms with Gasteiger partial charge in [0.25, 0.3) is 5.91 Å². The third-order valence-corrected chi connectivity index (χ3v) is 8.93. The first-order valence-electron chi connectivity index (χ1n) is 12.6. The van der Waals surface area contributed by atoms with Crippen molar-refractivity contribution < 1.29 is 14.4 Å². The molecule has 2 unspecified atom stereocenters. The summed E-state index contributed by atoms with van der Waals surface area (Å²) in [5, 5.41) is 7.73. The quantitative estimate of drug-likeness (QED) is 0.497. The number of hydrogen-bond acceptors (Lipinski definition) is 6. The fourth-order valence-electron chi connectivity index (χ4n) is 5.38. The number of aromatic nitrogens is 1. The second-order valence-corrected chi connectivity index (χ2v) is 11.3. The van der Waals surface area contributed by atoms with Gasteiger partial charge in [0, 0.05) is 64.2 Å². The van der Waals surface area contributed by atoms with Crippen molar-refractivity contribution in [3.05, 3.63) is 71.5 Å². The van der Waals surface area contributed by atoms with E-state index in [1.807, 2.05) is 48.5 Å². The number of pyridine rings is 1. The Labute approximate surface area is 229 Å². The number of amides is 4. The minimum Gasteiger partial charge on any atom is -0.371 e. The van der Waals surface area contributed by atoms with Gasteiger partial charge < -0.3 is 15.5 Å². The normalized spacial score (nSPS) is 21.8. The molecule has 8 nitrogen and oxygen atoms in total. The van der Waals surface area contributed by atoms with Crippen LogP contribution < -0.4 is 20.4 Å². The Morgan fingerprint density at radius 2 is 1.92 bits per heavy atom. The van der Waals surface area contributed by atoms with Crippen LogP contribution in [0.1, 0.15) is 25.3 Å². The molecule has 2 saturated heterocycles. The van der Waals surface area contributed by atoms with Crippen LogP contribution in [0, 0.1) is 0 Å². The number of rotatable bonds is 4. The molecule has 2 atom stereocenters. The van der Waals surface area contributed by atoms with Crippen molar-refractivity contribution in [2.24, 2.45) is 0 Å². The Morgan fingerprint density at radius 1 is 1.13 bits per heavy atom. The Bertz CT molecular complexity index is 1490. The topological polar surface area (TPSA) is 94.6 Å². The number of nitrogens with one attached hydrogen (secondary N) is 2. The average Bonchev–Trinajstić information content (AvgIpc) is 3.33. The van der Waals surface area contributed by atoms with E-state index in [1.54, 1.807) is 19.3 Å². The zero-order valence-electron chi connectivity index (χ0n) is 20.7.